The molecule has 4 rings (SSSR count). The number of hydrogen-bond donors (Lipinski definition) is 2. The van der Waals surface area contributed by atoms with Gasteiger partial charge in [0.25, 0.3) is 0 Å². The highest BCUT2D eigenvalue weighted by Crippen LogP contribution is 2.58. The molecule has 6 nitrogen and oxygen atoms in total. The van der Waals surface area contributed by atoms with Crippen molar-refractivity contribution in [3.63, 3.8) is 0 Å². The summed E-state index contributed by atoms with van der Waals surface area (Å²) in [6, 6.07) is 0.780. The Morgan fingerprint density at radius 2 is 1.81 bits per heavy atom. The molecule has 5 atom stereocenters. The molecule has 2 bridgehead atoms. The molecule has 0 spiro atoms. The van der Waals surface area contributed by atoms with Gasteiger partial charge in [-0.2, -0.15) is 0 Å². The fraction of sp³-hybridized carbons (Fsp3) is 0.900. The van der Waals surface area contributed by atoms with E-state index in [1.807, 2.05) is 16.7 Å². The van der Waals surface area contributed by atoms with Crippen molar-refractivity contribution < 1.29 is 14.7 Å². The van der Waals surface area contributed by atoms with Crippen LogP contribution in [0, 0.1) is 23.7 Å². The number of carbonyl (C=O) groups excluding carboxylic acids is 1. The number of urea groups is 1. The molecule has 146 valence electrons. The van der Waals surface area contributed by atoms with Gasteiger partial charge in [-0.1, -0.05) is 13.3 Å². The number of carbonyl (C=O) groups is 2. The Labute approximate surface area is 156 Å². The average molecular weight is 364 g/mol. The maximum Gasteiger partial charge on any atom is 0.317 e. The van der Waals surface area contributed by atoms with Crippen LogP contribution in [0.2, 0.25) is 0 Å². The highest BCUT2D eigenvalue weighted by atomic mass is 16.4. The lowest BCUT2D eigenvalue weighted by atomic mass is 9.79. The summed E-state index contributed by atoms with van der Waals surface area (Å²) in [7, 11) is 0. The van der Waals surface area contributed by atoms with E-state index in [0.717, 1.165) is 56.1 Å². The third kappa shape index (κ3) is 3.32. The molecular formula is C20H33N3O3. The van der Waals surface area contributed by atoms with Gasteiger partial charge in [-0.15, -0.1) is 0 Å². The van der Waals surface area contributed by atoms with Crippen molar-refractivity contribution >= 4 is 12.0 Å². The summed E-state index contributed by atoms with van der Waals surface area (Å²) in [4.78, 5) is 27.7. The summed E-state index contributed by atoms with van der Waals surface area (Å²) in [5.74, 6) is 2.64. The van der Waals surface area contributed by atoms with Crippen molar-refractivity contribution in [2.45, 2.75) is 64.0 Å². The molecular weight excluding hydrogens is 330 g/mol. The highest BCUT2D eigenvalue weighted by molar-refractivity contribution is 5.74. The van der Waals surface area contributed by atoms with Gasteiger partial charge >= 0.3 is 12.0 Å². The fourth-order valence-electron chi connectivity index (χ4n) is 6.59. The zero-order valence-electron chi connectivity index (χ0n) is 15.9. The zero-order valence-corrected chi connectivity index (χ0v) is 15.9. The Balaban J connectivity index is 1.26. The van der Waals surface area contributed by atoms with Crippen LogP contribution in [0.15, 0.2) is 0 Å². The Morgan fingerprint density at radius 1 is 1.08 bits per heavy atom. The van der Waals surface area contributed by atoms with E-state index in [0.29, 0.717) is 6.04 Å². The van der Waals surface area contributed by atoms with Crippen molar-refractivity contribution in [1.82, 2.24) is 15.1 Å². The molecule has 3 saturated carbocycles. The number of fused-ring (bicyclic) bond motifs is 5. The summed E-state index contributed by atoms with van der Waals surface area (Å²) in [5.41, 5.74) is 0. The monoisotopic (exact) mass is 363 g/mol. The first-order valence-corrected chi connectivity index (χ1v) is 10.6. The van der Waals surface area contributed by atoms with Crippen molar-refractivity contribution in [3.05, 3.63) is 0 Å². The van der Waals surface area contributed by atoms with Gasteiger partial charge in [0.05, 0.1) is 6.54 Å². The largest absolute Gasteiger partial charge is 0.480 e. The molecule has 4 fully saturated rings. The van der Waals surface area contributed by atoms with Gasteiger partial charge in [0.2, 0.25) is 0 Å². The van der Waals surface area contributed by atoms with E-state index in [2.05, 4.69) is 5.32 Å². The molecule has 6 heteroatoms. The lowest BCUT2D eigenvalue weighted by molar-refractivity contribution is -0.139. The third-order valence-corrected chi connectivity index (χ3v) is 7.75. The van der Waals surface area contributed by atoms with Gasteiger partial charge < -0.3 is 15.3 Å². The Bertz CT molecular complexity index is 546. The van der Waals surface area contributed by atoms with E-state index in [4.69, 9.17) is 5.11 Å². The molecule has 1 saturated heterocycles. The molecule has 0 aromatic rings. The van der Waals surface area contributed by atoms with Crippen LogP contribution in [0.5, 0.6) is 0 Å². The van der Waals surface area contributed by atoms with Crippen LogP contribution in [-0.4, -0.2) is 65.2 Å². The average Bonchev–Trinajstić information content (AvgIpc) is 3.32. The van der Waals surface area contributed by atoms with E-state index in [9.17, 15) is 9.59 Å². The molecule has 2 amide bonds. The zero-order chi connectivity index (χ0) is 18.3. The van der Waals surface area contributed by atoms with Crippen molar-refractivity contribution in [3.8, 4) is 0 Å². The number of carboxylic acids is 1. The molecule has 0 aromatic carbocycles. The standard InChI is InChI=1S/C20H33N3O3/c1-2-22(12-19(24)25)14-6-8-23(9-7-14)20(26)21-18-11-13-10-17(18)16-5-3-4-15(13)16/h13-18H,2-12H2,1H3,(H,21,26)(H,24,25). The Hall–Kier alpha value is -1.30. The van der Waals surface area contributed by atoms with Crippen LogP contribution in [-0.2, 0) is 4.79 Å². The number of piperidine rings is 1. The number of nitrogens with zero attached hydrogens (tertiary/aromatic N) is 2. The summed E-state index contributed by atoms with van der Waals surface area (Å²) < 4.78 is 0. The fourth-order valence-corrected chi connectivity index (χ4v) is 6.59. The molecule has 0 radical (unpaired) electrons. The third-order valence-electron chi connectivity index (χ3n) is 7.75. The van der Waals surface area contributed by atoms with Crippen molar-refractivity contribution in [1.29, 1.82) is 0 Å². The second-order valence-electron chi connectivity index (χ2n) is 8.88. The smallest absolute Gasteiger partial charge is 0.317 e. The van der Waals surface area contributed by atoms with Crippen LogP contribution in [0.1, 0.15) is 51.9 Å². The van der Waals surface area contributed by atoms with Gasteiger partial charge in [-0.3, -0.25) is 9.69 Å². The summed E-state index contributed by atoms with van der Waals surface area (Å²) in [5, 5.41) is 12.4. The summed E-state index contributed by atoms with van der Waals surface area (Å²) >= 11 is 0. The normalized spacial score (nSPS) is 36.5. The first-order chi connectivity index (χ1) is 12.6. The first kappa shape index (κ1) is 18.1. The quantitative estimate of drug-likeness (QED) is 0.787. The Kier molecular flexibility index (Phi) is 5.13. The first-order valence-electron chi connectivity index (χ1n) is 10.6. The molecule has 1 aliphatic heterocycles. The van der Waals surface area contributed by atoms with Gasteiger partial charge in [0, 0.05) is 25.2 Å². The number of amides is 2. The number of likely N-dealkylation sites (tertiary alicyclic amines) is 1. The number of rotatable bonds is 5. The van der Waals surface area contributed by atoms with E-state index in [1.54, 1.807) is 0 Å². The van der Waals surface area contributed by atoms with E-state index >= 15 is 0 Å². The second kappa shape index (κ2) is 7.37. The van der Waals surface area contributed by atoms with Crippen molar-refractivity contribution in [2.75, 3.05) is 26.2 Å². The number of likely N-dealkylation sites (N-methyl/N-ethyl adjacent to an activating group) is 1. The van der Waals surface area contributed by atoms with Crippen LogP contribution in [0.4, 0.5) is 4.79 Å². The number of aliphatic carboxylic acids is 1. The lowest BCUT2D eigenvalue weighted by Gasteiger charge is -2.39. The van der Waals surface area contributed by atoms with Gasteiger partial charge in [0.15, 0.2) is 0 Å². The Morgan fingerprint density at radius 3 is 2.50 bits per heavy atom. The van der Waals surface area contributed by atoms with E-state index < -0.39 is 5.97 Å². The summed E-state index contributed by atoms with van der Waals surface area (Å²) in [6.07, 6.45) is 8.45. The SMILES string of the molecule is CCN(CC(=O)O)C1CCN(C(=O)NC2CC3CC2C2CCCC32)CC1. The minimum atomic E-state index is -0.770. The number of carboxylic acid groups (broad SMARTS) is 1. The van der Waals surface area contributed by atoms with Crippen LogP contribution < -0.4 is 5.32 Å². The molecule has 5 unspecified atom stereocenters. The predicted octanol–water partition coefficient (Wildman–Crippen LogP) is 2.39. The minimum Gasteiger partial charge on any atom is -0.480 e. The summed E-state index contributed by atoms with van der Waals surface area (Å²) in [6.45, 7) is 4.32. The molecule has 0 aromatic heterocycles. The number of nitrogens with one attached hydrogen (secondary N) is 1. The minimum absolute atomic E-state index is 0.0983. The van der Waals surface area contributed by atoms with Gasteiger partial charge in [0.1, 0.15) is 0 Å². The van der Waals surface area contributed by atoms with Crippen LogP contribution in [0.25, 0.3) is 0 Å². The molecule has 3 aliphatic carbocycles. The molecule has 1 heterocycles. The van der Waals surface area contributed by atoms with Gasteiger partial charge in [-0.05, 0) is 68.7 Å². The predicted molar refractivity (Wildman–Crippen MR) is 98.8 cm³/mol. The van der Waals surface area contributed by atoms with E-state index in [1.165, 1.54) is 32.1 Å². The van der Waals surface area contributed by atoms with Crippen LogP contribution >= 0.6 is 0 Å². The van der Waals surface area contributed by atoms with E-state index in [-0.39, 0.29) is 18.6 Å². The molecule has 26 heavy (non-hydrogen) atoms. The maximum absolute atomic E-state index is 12.8. The molecule has 2 N–H and O–H groups in total. The second-order valence-corrected chi connectivity index (χ2v) is 8.88. The maximum atomic E-state index is 12.8. The topological polar surface area (TPSA) is 72.9 Å². The van der Waals surface area contributed by atoms with Crippen molar-refractivity contribution in [2.24, 2.45) is 23.7 Å². The number of hydrogen-bond acceptors (Lipinski definition) is 3. The van der Waals surface area contributed by atoms with Crippen LogP contribution in [0.3, 0.4) is 0 Å². The highest BCUT2D eigenvalue weighted by Gasteiger charge is 2.54. The van der Waals surface area contributed by atoms with Gasteiger partial charge in [-0.25, -0.2) is 4.79 Å². The molecule has 4 aliphatic rings. The lowest BCUT2D eigenvalue weighted by Crippen LogP contribution is -2.53.